The molecule has 0 radical (unpaired) electrons. The fourth-order valence-electron chi connectivity index (χ4n) is 4.70. The molecule has 0 saturated carbocycles. The zero-order valence-corrected chi connectivity index (χ0v) is 27.7. The summed E-state index contributed by atoms with van der Waals surface area (Å²) in [6, 6.07) is 0. The Balaban J connectivity index is 3.88. The van der Waals surface area contributed by atoms with Crippen LogP contribution in [0.2, 0.25) is 0 Å². The minimum absolute atomic E-state index is 0.107. The molecule has 0 rings (SSSR count). The first kappa shape index (κ1) is 40.4. The van der Waals surface area contributed by atoms with Gasteiger partial charge in [0.25, 0.3) is 0 Å². The Morgan fingerprint density at radius 1 is 0.558 bits per heavy atom. The van der Waals surface area contributed by atoms with Gasteiger partial charge >= 0.3 is 11.9 Å². The molecule has 1 atom stereocenters. The highest BCUT2D eigenvalue weighted by Crippen LogP contribution is 2.16. The smallest absolute Gasteiger partial charge is 0.307 e. The van der Waals surface area contributed by atoms with Crippen LogP contribution in [0.4, 0.5) is 0 Å². The predicted octanol–water partition coefficient (Wildman–Crippen LogP) is 11.9. The Kier molecular flexibility index (Phi) is 31.8. The number of aliphatic carboxylic acids is 1. The highest BCUT2D eigenvalue weighted by molar-refractivity contribution is 5.71. The maximum absolute atomic E-state index is 12.3. The lowest BCUT2D eigenvalue weighted by molar-refractivity contribution is -0.153. The molecule has 0 fully saturated rings. The van der Waals surface area contributed by atoms with Crippen LogP contribution in [0.3, 0.4) is 0 Å². The van der Waals surface area contributed by atoms with Crippen molar-refractivity contribution in [1.29, 1.82) is 0 Å². The van der Waals surface area contributed by atoms with Crippen LogP contribution in [-0.4, -0.2) is 23.1 Å². The number of carboxylic acid groups (broad SMARTS) is 1. The first-order valence-corrected chi connectivity index (χ1v) is 17.4. The van der Waals surface area contributed by atoms with Crippen LogP contribution in [0.25, 0.3) is 0 Å². The number of esters is 1. The number of hydrogen-bond acceptors (Lipinski definition) is 3. The van der Waals surface area contributed by atoms with Gasteiger partial charge in [-0.3, -0.25) is 9.59 Å². The number of rotatable bonds is 30. The summed E-state index contributed by atoms with van der Waals surface area (Å²) in [4.78, 5) is 23.5. The van der Waals surface area contributed by atoms with Gasteiger partial charge in [-0.05, 0) is 57.8 Å². The Morgan fingerprint density at radius 3 is 1.37 bits per heavy atom. The SMILES string of the molecule is CC/C=C\C/C=C\C/C=C\C/C=C\C/C=C\C/C=C\CCC(=O)OC(CCCCCCCCCCCCCC)CC(=O)O. The van der Waals surface area contributed by atoms with E-state index in [1.807, 2.05) is 6.08 Å². The van der Waals surface area contributed by atoms with Crippen molar-refractivity contribution in [3.63, 3.8) is 0 Å². The summed E-state index contributed by atoms with van der Waals surface area (Å²) in [5.74, 6) is -1.21. The van der Waals surface area contributed by atoms with Crippen LogP contribution in [0.15, 0.2) is 72.9 Å². The average molecular weight is 597 g/mol. The lowest BCUT2D eigenvalue weighted by Crippen LogP contribution is -2.21. The van der Waals surface area contributed by atoms with Gasteiger partial charge in [-0.25, -0.2) is 0 Å². The minimum atomic E-state index is -0.909. The number of carboxylic acids is 1. The number of carbonyl (C=O) groups is 2. The summed E-state index contributed by atoms with van der Waals surface area (Å²) in [6.45, 7) is 4.40. The second kappa shape index (κ2) is 33.9. The van der Waals surface area contributed by atoms with E-state index in [1.54, 1.807) is 0 Å². The third-order valence-corrected chi connectivity index (χ3v) is 7.19. The van der Waals surface area contributed by atoms with Crippen molar-refractivity contribution in [3.8, 4) is 0 Å². The topological polar surface area (TPSA) is 63.6 Å². The van der Waals surface area contributed by atoms with Gasteiger partial charge in [0.1, 0.15) is 6.10 Å². The van der Waals surface area contributed by atoms with E-state index >= 15 is 0 Å². The first-order chi connectivity index (χ1) is 21.1. The number of hydrogen-bond donors (Lipinski definition) is 1. The van der Waals surface area contributed by atoms with Gasteiger partial charge < -0.3 is 9.84 Å². The quantitative estimate of drug-likeness (QED) is 0.0509. The number of allylic oxidation sites excluding steroid dienone is 12. The van der Waals surface area contributed by atoms with E-state index in [9.17, 15) is 14.7 Å². The number of unbranched alkanes of at least 4 members (excludes halogenated alkanes) is 11. The van der Waals surface area contributed by atoms with Crippen molar-refractivity contribution in [1.82, 2.24) is 0 Å². The van der Waals surface area contributed by atoms with Crippen molar-refractivity contribution in [2.75, 3.05) is 0 Å². The maximum Gasteiger partial charge on any atom is 0.307 e. The van der Waals surface area contributed by atoms with Gasteiger partial charge in [-0.1, -0.05) is 157 Å². The summed E-state index contributed by atoms with van der Waals surface area (Å²) < 4.78 is 5.51. The number of carbonyl (C=O) groups excluding carboxylic acids is 1. The summed E-state index contributed by atoms with van der Waals surface area (Å²) in [6.07, 6.45) is 47.8. The molecule has 1 unspecified atom stereocenters. The molecular formula is C39H64O4. The molecule has 1 N–H and O–H groups in total. The largest absolute Gasteiger partial charge is 0.481 e. The van der Waals surface area contributed by atoms with Crippen molar-refractivity contribution in [2.45, 2.75) is 161 Å². The van der Waals surface area contributed by atoms with Gasteiger partial charge in [-0.2, -0.15) is 0 Å². The molecule has 0 aliphatic rings. The zero-order valence-electron chi connectivity index (χ0n) is 27.7. The summed E-state index contributed by atoms with van der Waals surface area (Å²) in [7, 11) is 0. The van der Waals surface area contributed by atoms with Crippen LogP contribution in [0.5, 0.6) is 0 Å². The molecule has 0 saturated heterocycles. The first-order valence-electron chi connectivity index (χ1n) is 17.4. The van der Waals surface area contributed by atoms with E-state index in [4.69, 9.17) is 4.74 Å². The Hall–Kier alpha value is -2.62. The van der Waals surface area contributed by atoms with E-state index in [2.05, 4.69) is 80.7 Å². The Labute approximate surface area is 265 Å². The highest BCUT2D eigenvalue weighted by atomic mass is 16.5. The molecule has 0 aromatic heterocycles. The van der Waals surface area contributed by atoms with Gasteiger partial charge in [0.2, 0.25) is 0 Å². The molecule has 43 heavy (non-hydrogen) atoms. The lowest BCUT2D eigenvalue weighted by Gasteiger charge is -2.16. The maximum atomic E-state index is 12.3. The summed E-state index contributed by atoms with van der Waals surface area (Å²) >= 11 is 0. The van der Waals surface area contributed by atoms with Gasteiger partial charge in [-0.15, -0.1) is 0 Å². The van der Waals surface area contributed by atoms with E-state index in [0.717, 1.165) is 51.4 Å². The Bertz CT molecular complexity index is 815. The van der Waals surface area contributed by atoms with Crippen LogP contribution in [0.1, 0.15) is 155 Å². The van der Waals surface area contributed by atoms with Gasteiger partial charge in [0.05, 0.1) is 6.42 Å². The fourth-order valence-corrected chi connectivity index (χ4v) is 4.70. The fraction of sp³-hybridized carbons (Fsp3) is 0.641. The van der Waals surface area contributed by atoms with Gasteiger partial charge in [0, 0.05) is 6.42 Å². The lowest BCUT2D eigenvalue weighted by atomic mass is 10.0. The molecule has 0 heterocycles. The van der Waals surface area contributed by atoms with Gasteiger partial charge in [0.15, 0.2) is 0 Å². The molecule has 0 aromatic carbocycles. The van der Waals surface area contributed by atoms with E-state index in [-0.39, 0.29) is 18.8 Å². The van der Waals surface area contributed by atoms with Crippen LogP contribution in [0, 0.1) is 0 Å². The third-order valence-electron chi connectivity index (χ3n) is 7.19. The van der Waals surface area contributed by atoms with Crippen molar-refractivity contribution < 1.29 is 19.4 Å². The molecule has 0 aliphatic heterocycles. The summed E-state index contributed by atoms with van der Waals surface area (Å²) in [5.41, 5.74) is 0. The minimum Gasteiger partial charge on any atom is -0.481 e. The normalized spacial score (nSPS) is 13.2. The standard InChI is InChI=1S/C39H64O4/c1-3-5-7-9-11-13-15-17-18-19-20-21-22-23-25-27-29-31-33-35-39(42)43-37(36-38(40)41)34-32-30-28-26-24-16-14-12-10-8-6-4-2/h5,7,11,13,17-18,20-21,23,25,29,31,37H,3-4,6,8-10,12,14-16,19,22,24,26-28,30,32-36H2,1-2H3,(H,40,41)/b7-5-,13-11-,18-17-,21-20-,25-23-,31-29-. The van der Waals surface area contributed by atoms with E-state index in [0.29, 0.717) is 12.8 Å². The molecule has 0 spiro atoms. The molecule has 4 heteroatoms. The molecule has 244 valence electrons. The van der Waals surface area contributed by atoms with E-state index in [1.165, 1.54) is 64.2 Å². The van der Waals surface area contributed by atoms with Crippen molar-refractivity contribution in [2.24, 2.45) is 0 Å². The molecule has 4 nitrogen and oxygen atoms in total. The average Bonchev–Trinajstić information content (AvgIpc) is 2.98. The molecule has 0 aromatic rings. The molecular weight excluding hydrogens is 532 g/mol. The molecule has 0 aliphatic carbocycles. The van der Waals surface area contributed by atoms with Crippen LogP contribution >= 0.6 is 0 Å². The van der Waals surface area contributed by atoms with E-state index < -0.39 is 12.1 Å². The highest BCUT2D eigenvalue weighted by Gasteiger charge is 2.17. The van der Waals surface area contributed by atoms with Crippen LogP contribution < -0.4 is 0 Å². The Morgan fingerprint density at radius 2 is 0.953 bits per heavy atom. The zero-order chi connectivity index (χ0) is 31.5. The predicted molar refractivity (Wildman–Crippen MR) is 185 cm³/mol. The molecule has 0 amide bonds. The molecule has 0 bridgehead atoms. The third kappa shape index (κ3) is 33.7. The second-order valence-corrected chi connectivity index (χ2v) is 11.3. The monoisotopic (exact) mass is 596 g/mol. The summed E-state index contributed by atoms with van der Waals surface area (Å²) in [5, 5.41) is 9.21. The van der Waals surface area contributed by atoms with Crippen LogP contribution in [-0.2, 0) is 14.3 Å². The van der Waals surface area contributed by atoms with Crippen molar-refractivity contribution in [3.05, 3.63) is 72.9 Å². The number of ether oxygens (including phenoxy) is 1. The van der Waals surface area contributed by atoms with Crippen molar-refractivity contribution >= 4 is 11.9 Å². The second-order valence-electron chi connectivity index (χ2n) is 11.3.